The second-order valence-electron chi connectivity index (χ2n) is 8.00. The molecule has 22 heavy (non-hydrogen) atoms. The van der Waals surface area contributed by atoms with E-state index < -0.39 is 0 Å². The Balaban J connectivity index is 3.05. The second-order valence-corrected chi connectivity index (χ2v) is 8.00. The number of benzene rings is 1. The SMILES string of the molecule is C=CCCCCOc1cc(C(C)(C)C)c(O)c(C(C)(C)C)c1. The molecule has 0 amide bonds. The summed E-state index contributed by atoms with van der Waals surface area (Å²) >= 11 is 0. The fourth-order valence-corrected chi connectivity index (χ4v) is 2.42. The fraction of sp³-hybridized carbons (Fsp3) is 0.600. The first-order chi connectivity index (χ1) is 10.1. The molecule has 0 radical (unpaired) electrons. The number of ether oxygens (including phenoxy) is 1. The van der Waals surface area contributed by atoms with Gasteiger partial charge in [0, 0.05) is 11.1 Å². The minimum atomic E-state index is -0.119. The molecule has 1 N–H and O–H groups in total. The molecule has 0 saturated heterocycles. The molecule has 0 heterocycles. The highest BCUT2D eigenvalue weighted by Crippen LogP contribution is 2.41. The lowest BCUT2D eigenvalue weighted by molar-refractivity contribution is 0.304. The van der Waals surface area contributed by atoms with E-state index in [1.165, 1.54) is 0 Å². The van der Waals surface area contributed by atoms with Crippen molar-refractivity contribution < 1.29 is 9.84 Å². The van der Waals surface area contributed by atoms with Crippen LogP contribution in [0.1, 0.15) is 71.9 Å². The maximum atomic E-state index is 10.7. The Labute approximate surface area is 136 Å². The molecule has 0 aliphatic carbocycles. The maximum absolute atomic E-state index is 10.7. The highest BCUT2D eigenvalue weighted by atomic mass is 16.5. The van der Waals surface area contributed by atoms with E-state index >= 15 is 0 Å². The van der Waals surface area contributed by atoms with E-state index in [1.807, 2.05) is 18.2 Å². The van der Waals surface area contributed by atoms with Crippen molar-refractivity contribution in [2.24, 2.45) is 0 Å². The molecule has 1 rings (SSSR count). The van der Waals surface area contributed by atoms with Crippen LogP contribution in [-0.4, -0.2) is 11.7 Å². The quantitative estimate of drug-likeness (QED) is 0.538. The highest BCUT2D eigenvalue weighted by molar-refractivity contribution is 5.51. The summed E-state index contributed by atoms with van der Waals surface area (Å²) in [6, 6.07) is 3.97. The summed E-state index contributed by atoms with van der Waals surface area (Å²) in [5.41, 5.74) is 1.65. The third-order valence-corrected chi connectivity index (χ3v) is 3.77. The van der Waals surface area contributed by atoms with Crippen LogP contribution in [0.25, 0.3) is 0 Å². The Bertz CT molecular complexity index is 466. The van der Waals surface area contributed by atoms with E-state index in [0.717, 1.165) is 36.1 Å². The third kappa shape index (κ3) is 5.08. The Morgan fingerprint density at radius 3 is 1.91 bits per heavy atom. The van der Waals surface area contributed by atoms with E-state index in [0.29, 0.717) is 12.4 Å². The zero-order valence-electron chi connectivity index (χ0n) is 15.1. The number of aromatic hydroxyl groups is 1. The standard InChI is InChI=1S/C20H32O2/c1-8-9-10-11-12-22-15-13-16(19(2,3)4)18(21)17(14-15)20(5,6)7/h8,13-14,21H,1,9-12H2,2-7H3. The Morgan fingerprint density at radius 1 is 1.00 bits per heavy atom. The molecule has 0 aromatic heterocycles. The molecule has 1 aromatic rings. The van der Waals surface area contributed by atoms with Gasteiger partial charge in [-0.2, -0.15) is 0 Å². The summed E-state index contributed by atoms with van der Waals surface area (Å²) in [5.74, 6) is 1.25. The molecule has 2 heteroatoms. The van der Waals surface area contributed by atoms with Gasteiger partial charge in [0.2, 0.25) is 0 Å². The number of phenols is 1. The molecule has 0 bridgehead atoms. The topological polar surface area (TPSA) is 29.5 Å². The number of rotatable bonds is 6. The largest absolute Gasteiger partial charge is 0.507 e. The molecule has 0 spiro atoms. The summed E-state index contributed by atoms with van der Waals surface area (Å²) in [5, 5.41) is 10.7. The average Bonchev–Trinajstić information content (AvgIpc) is 2.37. The number of allylic oxidation sites excluding steroid dienone is 1. The molecule has 0 unspecified atom stereocenters. The van der Waals surface area contributed by atoms with E-state index in [-0.39, 0.29) is 10.8 Å². The lowest BCUT2D eigenvalue weighted by Crippen LogP contribution is -2.17. The van der Waals surface area contributed by atoms with Crippen LogP contribution in [0.3, 0.4) is 0 Å². The van der Waals surface area contributed by atoms with E-state index in [1.54, 1.807) is 0 Å². The van der Waals surface area contributed by atoms with Crippen molar-refractivity contribution >= 4 is 0 Å². The first kappa shape index (κ1) is 18.6. The Kier molecular flexibility index (Phi) is 6.10. The van der Waals surface area contributed by atoms with Gasteiger partial charge in [0.05, 0.1) is 6.61 Å². The zero-order valence-corrected chi connectivity index (χ0v) is 15.1. The molecule has 1 aromatic carbocycles. The van der Waals surface area contributed by atoms with Crippen molar-refractivity contribution in [1.82, 2.24) is 0 Å². The van der Waals surface area contributed by atoms with Crippen LogP contribution in [0.4, 0.5) is 0 Å². The molecular weight excluding hydrogens is 272 g/mol. The van der Waals surface area contributed by atoms with Crippen molar-refractivity contribution in [2.45, 2.75) is 71.6 Å². The summed E-state index contributed by atoms with van der Waals surface area (Å²) in [4.78, 5) is 0. The fourth-order valence-electron chi connectivity index (χ4n) is 2.42. The Morgan fingerprint density at radius 2 is 1.50 bits per heavy atom. The predicted molar refractivity (Wildman–Crippen MR) is 95.0 cm³/mol. The number of hydrogen-bond acceptors (Lipinski definition) is 2. The summed E-state index contributed by atoms with van der Waals surface area (Å²) in [7, 11) is 0. The van der Waals surface area contributed by atoms with Gasteiger partial charge in [-0.25, -0.2) is 0 Å². The smallest absolute Gasteiger partial charge is 0.123 e. The van der Waals surface area contributed by atoms with E-state index in [4.69, 9.17) is 4.74 Å². The molecule has 124 valence electrons. The first-order valence-corrected chi connectivity index (χ1v) is 8.19. The van der Waals surface area contributed by atoms with Crippen molar-refractivity contribution in [1.29, 1.82) is 0 Å². The lowest BCUT2D eigenvalue weighted by atomic mass is 9.79. The minimum absolute atomic E-state index is 0.119. The number of hydrogen-bond donors (Lipinski definition) is 1. The summed E-state index contributed by atoms with van der Waals surface area (Å²) in [6.07, 6.45) is 5.08. The normalized spacial score (nSPS) is 12.3. The van der Waals surface area contributed by atoms with E-state index in [2.05, 4.69) is 48.1 Å². The molecule has 2 nitrogen and oxygen atoms in total. The number of unbranched alkanes of at least 4 members (excludes halogenated alkanes) is 2. The van der Waals surface area contributed by atoms with Crippen LogP contribution in [0.15, 0.2) is 24.8 Å². The molecular formula is C20H32O2. The molecule has 0 fully saturated rings. The second kappa shape index (κ2) is 7.21. The van der Waals surface area contributed by atoms with Gasteiger partial charge in [-0.05, 0) is 42.2 Å². The first-order valence-electron chi connectivity index (χ1n) is 8.19. The maximum Gasteiger partial charge on any atom is 0.123 e. The monoisotopic (exact) mass is 304 g/mol. The van der Waals surface area contributed by atoms with Gasteiger partial charge in [0.1, 0.15) is 11.5 Å². The van der Waals surface area contributed by atoms with Gasteiger partial charge in [-0.3, -0.25) is 0 Å². The van der Waals surface area contributed by atoms with Crippen molar-refractivity contribution in [2.75, 3.05) is 6.61 Å². The number of phenolic OH excluding ortho intramolecular Hbond substituents is 1. The highest BCUT2D eigenvalue weighted by Gasteiger charge is 2.26. The summed E-state index contributed by atoms with van der Waals surface area (Å²) < 4.78 is 5.93. The van der Waals surface area contributed by atoms with Gasteiger partial charge in [-0.1, -0.05) is 47.6 Å². The third-order valence-electron chi connectivity index (χ3n) is 3.77. The van der Waals surface area contributed by atoms with Gasteiger partial charge in [-0.15, -0.1) is 6.58 Å². The van der Waals surface area contributed by atoms with Gasteiger partial charge >= 0.3 is 0 Å². The van der Waals surface area contributed by atoms with Gasteiger partial charge in [0.25, 0.3) is 0 Å². The van der Waals surface area contributed by atoms with Crippen LogP contribution in [-0.2, 0) is 10.8 Å². The van der Waals surface area contributed by atoms with Crippen LogP contribution >= 0.6 is 0 Å². The molecule has 0 aliphatic rings. The predicted octanol–water partition coefficient (Wildman–Crippen LogP) is 5.72. The molecule has 0 atom stereocenters. The Hall–Kier alpha value is -1.44. The van der Waals surface area contributed by atoms with Gasteiger partial charge < -0.3 is 9.84 Å². The van der Waals surface area contributed by atoms with Gasteiger partial charge in [0.15, 0.2) is 0 Å². The summed E-state index contributed by atoms with van der Waals surface area (Å²) in [6.45, 7) is 17.1. The average molecular weight is 304 g/mol. The van der Waals surface area contributed by atoms with Crippen LogP contribution in [0.2, 0.25) is 0 Å². The molecule has 0 saturated carbocycles. The lowest BCUT2D eigenvalue weighted by Gasteiger charge is -2.28. The van der Waals surface area contributed by atoms with E-state index in [9.17, 15) is 5.11 Å². The zero-order chi connectivity index (χ0) is 17.0. The van der Waals surface area contributed by atoms with Crippen molar-refractivity contribution in [3.8, 4) is 11.5 Å². The minimum Gasteiger partial charge on any atom is -0.507 e. The van der Waals surface area contributed by atoms with Crippen molar-refractivity contribution in [3.05, 3.63) is 35.9 Å². The van der Waals surface area contributed by atoms with Crippen molar-refractivity contribution in [3.63, 3.8) is 0 Å². The van der Waals surface area contributed by atoms with Crippen LogP contribution < -0.4 is 4.74 Å². The van der Waals surface area contributed by atoms with Crippen LogP contribution in [0.5, 0.6) is 11.5 Å². The molecule has 0 aliphatic heterocycles. The van der Waals surface area contributed by atoms with Crippen LogP contribution in [0, 0.1) is 0 Å².